The van der Waals surface area contributed by atoms with E-state index < -0.39 is 19.2 Å². The van der Waals surface area contributed by atoms with Crippen LogP contribution in [0, 0.1) is 45.2 Å². The fourth-order valence-corrected chi connectivity index (χ4v) is 11.2. The molecule has 0 saturated heterocycles. The minimum absolute atomic E-state index is 0. The number of furan rings is 1. The van der Waals surface area contributed by atoms with Crippen LogP contribution in [0.15, 0.2) is 120 Å². The number of rotatable bonds is 5. The maximum absolute atomic E-state index is 9.09. The molecule has 3 aromatic heterocycles. The standard InChI is InChI=1S/C33H25N2O.C20H28GeN.Ir/c1-19-12-14-25-29(16-19)36-32-26(15-13-20(2)30(25)32)33-34-27-17-23-10-5-6-11-24(23)18-28(27)35(33)31-21(3)8-7-9-22(31)4;1-15(20(2,3)4)17-13-19(16-11-9-8-10-12-16)22-14-18(17)21(5,6)7;/h5-14,16-18H,1-4H3;8-11,13-15H,1-7H3;/q2*-1;/i;15D;. The summed E-state index contributed by atoms with van der Waals surface area (Å²) in [5.41, 5.74) is 13.4. The van der Waals surface area contributed by atoms with Crippen molar-refractivity contribution >= 4 is 61.4 Å². The molecule has 1 atom stereocenters. The Hall–Kier alpha value is -4.81. The fraction of sp³-hybridized carbons (Fsp3) is 0.245. The molecule has 1 unspecified atom stereocenters. The Bertz CT molecular complexity index is 3020. The smallest absolute Gasteiger partial charge is 0 e. The Balaban J connectivity index is 0.000000198. The number of hydrogen-bond acceptors (Lipinski definition) is 3. The summed E-state index contributed by atoms with van der Waals surface area (Å²) in [6.45, 7) is 17.0. The van der Waals surface area contributed by atoms with E-state index in [1.807, 2.05) is 37.4 Å². The number of para-hydroxylation sites is 1. The Kier molecular flexibility index (Phi) is 11.3. The summed E-state index contributed by atoms with van der Waals surface area (Å²) in [5.74, 6) is 7.29. The zero-order valence-corrected chi connectivity index (χ0v) is 40.5. The normalized spacial score (nSPS) is 13.2. The number of benzene rings is 6. The van der Waals surface area contributed by atoms with Crippen LogP contribution in [0.1, 0.15) is 62.8 Å². The zero-order valence-electron chi connectivity index (χ0n) is 37.1. The van der Waals surface area contributed by atoms with Gasteiger partial charge in [0.2, 0.25) is 0 Å². The average Bonchev–Trinajstić information content (AvgIpc) is 3.75. The summed E-state index contributed by atoms with van der Waals surface area (Å²) < 4.78 is 19.3. The number of fused-ring (bicyclic) bond motifs is 5. The molecule has 0 bridgehead atoms. The molecule has 3 heterocycles. The van der Waals surface area contributed by atoms with Gasteiger partial charge < -0.3 is 8.98 Å². The van der Waals surface area contributed by atoms with Crippen molar-refractivity contribution < 1.29 is 25.9 Å². The molecule has 9 rings (SSSR count). The summed E-state index contributed by atoms with van der Waals surface area (Å²) in [5, 5.41) is 4.63. The summed E-state index contributed by atoms with van der Waals surface area (Å²) in [7, 11) is 0. The Morgan fingerprint density at radius 2 is 1.49 bits per heavy atom. The van der Waals surface area contributed by atoms with Crippen LogP contribution >= 0.6 is 0 Å². The molecular weight excluding hydrogens is 959 g/mol. The molecule has 6 heteroatoms. The summed E-state index contributed by atoms with van der Waals surface area (Å²) in [6, 6.07) is 44.7. The first-order valence-corrected chi connectivity index (χ1v) is 27.6. The first kappa shape index (κ1) is 40.9. The van der Waals surface area contributed by atoms with Crippen molar-refractivity contribution in [1.82, 2.24) is 14.5 Å². The van der Waals surface area contributed by atoms with Gasteiger partial charge in [0.15, 0.2) is 0 Å². The van der Waals surface area contributed by atoms with Gasteiger partial charge in [0.05, 0.1) is 22.4 Å². The van der Waals surface area contributed by atoms with Crippen molar-refractivity contribution in [2.24, 2.45) is 5.41 Å². The van der Waals surface area contributed by atoms with E-state index in [0.717, 1.165) is 72.4 Å². The van der Waals surface area contributed by atoms with Crippen LogP contribution in [0.3, 0.4) is 0 Å². The molecule has 0 aliphatic carbocycles. The minimum atomic E-state index is -2.12. The Morgan fingerprint density at radius 3 is 2.15 bits per heavy atom. The van der Waals surface area contributed by atoms with Gasteiger partial charge >= 0.3 is 140 Å². The van der Waals surface area contributed by atoms with E-state index in [0.29, 0.717) is 0 Å². The monoisotopic (exact) mass is 1020 g/mol. The SMILES string of the molecule is Cc1ccc2c(c1)oc1c(-c3nc4cc5ccccc5cc4n3-c3c(C)cccc3C)[c-]cc(C)c12.[2H]C(C)(c1cc(-c2[c-]cccc2)nc[c]1[Ge]([CH3])([CH3])[CH3])C(C)(C)C.[Ir]. The number of imidazole rings is 1. The van der Waals surface area contributed by atoms with Gasteiger partial charge in [-0.3, -0.25) is 4.98 Å². The molecule has 0 fully saturated rings. The Labute approximate surface area is 367 Å². The van der Waals surface area contributed by atoms with Gasteiger partial charge in [0, 0.05) is 31.2 Å². The van der Waals surface area contributed by atoms with Crippen LogP contribution < -0.4 is 4.40 Å². The third-order valence-corrected chi connectivity index (χ3v) is 15.8. The van der Waals surface area contributed by atoms with Gasteiger partial charge in [-0.25, -0.2) is 0 Å². The number of pyridine rings is 1. The first-order chi connectivity index (χ1) is 27.9. The predicted octanol–water partition coefficient (Wildman–Crippen LogP) is 14.0. The second-order valence-corrected chi connectivity index (χ2v) is 28.4. The van der Waals surface area contributed by atoms with Crippen molar-refractivity contribution in [2.45, 2.75) is 78.6 Å². The van der Waals surface area contributed by atoms with Crippen molar-refractivity contribution in [3.05, 3.63) is 155 Å². The third kappa shape index (κ3) is 8.10. The molecule has 9 aromatic rings. The molecule has 0 saturated carbocycles. The molecule has 0 amide bonds. The first-order valence-electron chi connectivity index (χ1n) is 20.7. The molecule has 0 N–H and O–H groups in total. The van der Waals surface area contributed by atoms with Crippen molar-refractivity contribution in [3.8, 4) is 28.3 Å². The predicted molar refractivity (Wildman–Crippen MR) is 248 cm³/mol. The number of aromatic nitrogens is 3. The summed E-state index contributed by atoms with van der Waals surface area (Å²) in [4.78, 5) is 9.93. The second-order valence-electron chi connectivity index (χ2n) is 17.9. The van der Waals surface area contributed by atoms with E-state index in [2.05, 4.69) is 167 Å². The quantitative estimate of drug-likeness (QED) is 0.127. The van der Waals surface area contributed by atoms with Gasteiger partial charge in [-0.2, -0.15) is 0 Å². The maximum atomic E-state index is 9.09. The van der Waals surface area contributed by atoms with Crippen molar-refractivity contribution in [1.29, 1.82) is 0 Å². The van der Waals surface area contributed by atoms with E-state index >= 15 is 0 Å². The third-order valence-electron chi connectivity index (χ3n) is 11.5. The van der Waals surface area contributed by atoms with Gasteiger partial charge in [0.25, 0.3) is 0 Å². The van der Waals surface area contributed by atoms with Gasteiger partial charge in [-0.1, -0.05) is 72.5 Å². The second kappa shape index (κ2) is 16.3. The van der Waals surface area contributed by atoms with Gasteiger partial charge in [-0.05, 0) is 66.4 Å². The van der Waals surface area contributed by atoms with Crippen LogP contribution in [0.25, 0.3) is 72.1 Å². The molecule has 6 aromatic carbocycles. The number of nitrogens with zero attached hydrogens (tertiary/aromatic N) is 3. The van der Waals surface area contributed by atoms with E-state index in [4.69, 9.17) is 15.8 Å². The van der Waals surface area contributed by atoms with Crippen LogP contribution in [0.5, 0.6) is 0 Å². The average molecular weight is 1010 g/mol. The van der Waals surface area contributed by atoms with E-state index in [9.17, 15) is 0 Å². The summed E-state index contributed by atoms with van der Waals surface area (Å²) in [6.07, 6.45) is 2.03. The molecule has 1 radical (unpaired) electrons. The van der Waals surface area contributed by atoms with E-state index in [1.54, 1.807) is 0 Å². The largest absolute Gasteiger partial charge is 0 e. The zero-order chi connectivity index (χ0) is 42.0. The molecule has 0 spiro atoms. The minimum Gasteiger partial charge on any atom is 0 e. The van der Waals surface area contributed by atoms with Crippen LogP contribution in [-0.2, 0) is 20.1 Å². The number of aryl methyl sites for hydroxylation is 4. The van der Waals surface area contributed by atoms with Gasteiger partial charge in [0.1, 0.15) is 5.58 Å². The van der Waals surface area contributed by atoms with E-state index in [1.165, 1.54) is 31.9 Å². The number of hydrogen-bond donors (Lipinski definition) is 0. The van der Waals surface area contributed by atoms with Gasteiger partial charge in [-0.15, -0.1) is 17.7 Å². The van der Waals surface area contributed by atoms with E-state index in [-0.39, 0.29) is 25.5 Å². The fourth-order valence-electron chi connectivity index (χ4n) is 8.04. The maximum Gasteiger partial charge on any atom is 0 e. The topological polar surface area (TPSA) is 43.9 Å². The molecule has 4 nitrogen and oxygen atoms in total. The van der Waals surface area contributed by atoms with Crippen LogP contribution in [0.4, 0.5) is 0 Å². The Morgan fingerprint density at radius 1 is 0.797 bits per heavy atom. The molecule has 0 aliphatic heterocycles. The molecular formula is C53H53GeIrN3O-2. The molecule has 0 aliphatic rings. The molecule has 301 valence electrons. The van der Waals surface area contributed by atoms with Crippen LogP contribution in [-0.4, -0.2) is 27.8 Å². The summed E-state index contributed by atoms with van der Waals surface area (Å²) >= 11 is -2.12. The molecule has 59 heavy (non-hydrogen) atoms. The van der Waals surface area contributed by atoms with Crippen molar-refractivity contribution in [2.75, 3.05) is 0 Å². The van der Waals surface area contributed by atoms with Crippen LogP contribution in [0.2, 0.25) is 17.3 Å². The van der Waals surface area contributed by atoms with Crippen molar-refractivity contribution in [3.63, 3.8) is 0 Å².